The number of carbonyl (C=O) groups is 1. The van der Waals surface area contributed by atoms with Crippen molar-refractivity contribution >= 4 is 5.97 Å². The van der Waals surface area contributed by atoms with E-state index in [4.69, 9.17) is 15.6 Å². The van der Waals surface area contributed by atoms with Crippen molar-refractivity contribution in [3.63, 3.8) is 0 Å². The van der Waals surface area contributed by atoms with E-state index < -0.39 is 17.3 Å². The van der Waals surface area contributed by atoms with Gasteiger partial charge < -0.3 is 15.6 Å². The number of benzene rings is 1. The predicted octanol–water partition coefficient (Wildman–Crippen LogP) is 2.17. The minimum atomic E-state index is -1.32. The van der Waals surface area contributed by atoms with Crippen LogP contribution >= 0.6 is 0 Å². The first-order valence-corrected chi connectivity index (χ1v) is 6.02. The molecule has 3 N–H and O–H groups in total. The molecule has 98 valence electrons. The van der Waals surface area contributed by atoms with Crippen LogP contribution in [0.5, 0.6) is 5.75 Å². The van der Waals surface area contributed by atoms with Gasteiger partial charge in [-0.25, -0.2) is 9.18 Å². The maximum absolute atomic E-state index is 13.4. The Morgan fingerprint density at radius 3 is 2.89 bits per heavy atom. The van der Waals surface area contributed by atoms with E-state index in [1.54, 1.807) is 0 Å². The summed E-state index contributed by atoms with van der Waals surface area (Å²) in [5.74, 6) is -2.01. The molecule has 0 saturated heterocycles. The highest BCUT2D eigenvalue weighted by Crippen LogP contribution is 2.27. The summed E-state index contributed by atoms with van der Waals surface area (Å²) in [5, 5.41) is 8.98. The van der Waals surface area contributed by atoms with Gasteiger partial charge in [0.25, 0.3) is 0 Å². The Morgan fingerprint density at radius 2 is 2.22 bits per heavy atom. The number of halogens is 1. The molecule has 18 heavy (non-hydrogen) atoms. The van der Waals surface area contributed by atoms with Crippen molar-refractivity contribution in [3.8, 4) is 5.75 Å². The van der Waals surface area contributed by atoms with Gasteiger partial charge in [0.15, 0.2) is 0 Å². The lowest BCUT2D eigenvalue weighted by Gasteiger charge is -2.27. The summed E-state index contributed by atoms with van der Waals surface area (Å²) in [6, 6.07) is 4.11. The number of rotatable bonds is 3. The zero-order chi connectivity index (χ0) is 13.1. The first-order chi connectivity index (χ1) is 8.58. The Bertz CT molecular complexity index is 450. The molecule has 0 aromatic heterocycles. The first kappa shape index (κ1) is 12.8. The van der Waals surface area contributed by atoms with E-state index in [2.05, 4.69) is 0 Å². The lowest BCUT2D eigenvalue weighted by atomic mass is 9.93. The molecule has 1 saturated carbocycles. The van der Waals surface area contributed by atoms with Gasteiger partial charge in [-0.05, 0) is 37.8 Å². The molecule has 4 nitrogen and oxygen atoms in total. The minimum Gasteiger partial charge on any atom is -0.489 e. The number of nitrogens with two attached hydrogens (primary N) is 1. The van der Waals surface area contributed by atoms with E-state index in [1.807, 2.05) is 0 Å². The third kappa shape index (κ3) is 2.79. The molecule has 1 aliphatic rings. The summed E-state index contributed by atoms with van der Waals surface area (Å²) < 4.78 is 19.0. The molecular weight excluding hydrogens is 237 g/mol. The number of hydrogen-bond donors (Lipinski definition) is 2. The van der Waals surface area contributed by atoms with Gasteiger partial charge >= 0.3 is 5.97 Å². The second kappa shape index (κ2) is 5.35. The summed E-state index contributed by atoms with van der Waals surface area (Å²) in [5.41, 5.74) is 5.43. The highest BCUT2D eigenvalue weighted by atomic mass is 19.1. The molecule has 2 rings (SSSR count). The lowest BCUT2D eigenvalue weighted by molar-refractivity contribution is 0.0679. The zero-order valence-corrected chi connectivity index (χ0v) is 9.93. The van der Waals surface area contributed by atoms with Crippen LogP contribution in [0.3, 0.4) is 0 Å². The molecule has 0 radical (unpaired) electrons. The summed E-state index contributed by atoms with van der Waals surface area (Å²) in [6.45, 7) is 0. The number of carboxylic acids is 1. The molecule has 0 heterocycles. The van der Waals surface area contributed by atoms with E-state index in [9.17, 15) is 9.18 Å². The predicted molar refractivity (Wildman–Crippen MR) is 64.2 cm³/mol. The summed E-state index contributed by atoms with van der Waals surface area (Å²) in [7, 11) is 0. The molecule has 1 aliphatic carbocycles. The van der Waals surface area contributed by atoms with Crippen LogP contribution in [0.4, 0.5) is 4.39 Å². The summed E-state index contributed by atoms with van der Waals surface area (Å²) in [4.78, 5) is 11.0. The van der Waals surface area contributed by atoms with E-state index in [1.165, 1.54) is 12.1 Å². The van der Waals surface area contributed by atoms with E-state index in [-0.39, 0.29) is 17.9 Å². The number of aromatic carboxylic acids is 1. The van der Waals surface area contributed by atoms with Gasteiger partial charge in [-0.15, -0.1) is 0 Å². The molecule has 0 spiro atoms. The molecule has 1 aromatic carbocycles. The fraction of sp³-hybridized carbons (Fsp3) is 0.462. The molecule has 5 heteroatoms. The van der Waals surface area contributed by atoms with Crippen molar-refractivity contribution < 1.29 is 19.0 Å². The first-order valence-electron chi connectivity index (χ1n) is 6.02. The van der Waals surface area contributed by atoms with Crippen molar-refractivity contribution in [1.82, 2.24) is 0 Å². The topological polar surface area (TPSA) is 72.5 Å². The summed E-state index contributed by atoms with van der Waals surface area (Å²) >= 11 is 0. The summed E-state index contributed by atoms with van der Waals surface area (Å²) in [6.07, 6.45) is 3.27. The quantitative estimate of drug-likeness (QED) is 0.866. The number of carboxylic acid groups (broad SMARTS) is 1. The largest absolute Gasteiger partial charge is 0.489 e. The smallest absolute Gasteiger partial charge is 0.342 e. The molecule has 2 unspecified atom stereocenters. The van der Waals surface area contributed by atoms with Crippen LogP contribution in [-0.4, -0.2) is 23.2 Å². The second-order valence-electron chi connectivity index (χ2n) is 4.58. The van der Waals surface area contributed by atoms with Crippen molar-refractivity contribution in [2.75, 3.05) is 0 Å². The molecular formula is C13H16FNO3. The fourth-order valence-corrected chi connectivity index (χ4v) is 2.28. The second-order valence-corrected chi connectivity index (χ2v) is 4.58. The van der Waals surface area contributed by atoms with Crippen LogP contribution < -0.4 is 10.5 Å². The van der Waals surface area contributed by atoms with E-state index in [0.29, 0.717) is 6.42 Å². The average Bonchev–Trinajstić information content (AvgIpc) is 2.28. The molecule has 1 aromatic rings. The van der Waals surface area contributed by atoms with Gasteiger partial charge in [-0.1, -0.05) is 6.07 Å². The Kier molecular flexibility index (Phi) is 3.81. The monoisotopic (exact) mass is 253 g/mol. The molecule has 2 atom stereocenters. The van der Waals surface area contributed by atoms with Crippen LogP contribution in [0.2, 0.25) is 0 Å². The molecule has 0 bridgehead atoms. The van der Waals surface area contributed by atoms with Crippen molar-refractivity contribution in [2.24, 2.45) is 5.73 Å². The Labute approximate surface area is 105 Å². The Morgan fingerprint density at radius 1 is 1.44 bits per heavy atom. The van der Waals surface area contributed by atoms with Gasteiger partial charge in [-0.2, -0.15) is 0 Å². The van der Waals surface area contributed by atoms with Crippen molar-refractivity contribution in [2.45, 2.75) is 37.8 Å². The molecule has 0 aliphatic heterocycles. The van der Waals surface area contributed by atoms with Crippen LogP contribution in [0.1, 0.15) is 36.0 Å². The third-order valence-electron chi connectivity index (χ3n) is 3.15. The van der Waals surface area contributed by atoms with E-state index in [0.717, 1.165) is 25.3 Å². The average molecular weight is 253 g/mol. The van der Waals surface area contributed by atoms with Crippen molar-refractivity contribution in [1.29, 1.82) is 0 Å². The van der Waals surface area contributed by atoms with Crippen LogP contribution in [0.15, 0.2) is 18.2 Å². The van der Waals surface area contributed by atoms with Gasteiger partial charge in [-0.3, -0.25) is 0 Å². The third-order valence-corrected chi connectivity index (χ3v) is 3.15. The number of hydrogen-bond acceptors (Lipinski definition) is 3. The normalized spacial score (nSPS) is 23.7. The van der Waals surface area contributed by atoms with Gasteiger partial charge in [0, 0.05) is 6.04 Å². The van der Waals surface area contributed by atoms with Crippen LogP contribution in [0, 0.1) is 5.82 Å². The van der Waals surface area contributed by atoms with Gasteiger partial charge in [0.1, 0.15) is 23.2 Å². The fourth-order valence-electron chi connectivity index (χ4n) is 2.28. The SMILES string of the molecule is NC1CCCC(Oc2cccc(F)c2C(=O)O)C1. The maximum atomic E-state index is 13.4. The lowest BCUT2D eigenvalue weighted by Crippen LogP contribution is -2.34. The van der Waals surface area contributed by atoms with Crippen LogP contribution in [0.25, 0.3) is 0 Å². The molecule has 0 amide bonds. The van der Waals surface area contributed by atoms with E-state index >= 15 is 0 Å². The van der Waals surface area contributed by atoms with Crippen LogP contribution in [-0.2, 0) is 0 Å². The van der Waals surface area contributed by atoms with Gasteiger partial charge in [0.2, 0.25) is 0 Å². The molecule has 1 fully saturated rings. The maximum Gasteiger partial charge on any atom is 0.342 e. The Balaban J connectivity index is 2.18. The Hall–Kier alpha value is -1.62. The standard InChI is InChI=1S/C13H16FNO3/c14-10-5-2-6-11(12(10)13(16)17)18-9-4-1-3-8(15)7-9/h2,5-6,8-9H,1,3-4,7,15H2,(H,16,17). The minimum absolute atomic E-state index is 0.0746. The number of ether oxygens (including phenoxy) is 1. The zero-order valence-electron chi connectivity index (χ0n) is 9.93. The highest BCUT2D eigenvalue weighted by molar-refractivity contribution is 5.91. The highest BCUT2D eigenvalue weighted by Gasteiger charge is 2.24. The van der Waals surface area contributed by atoms with Crippen molar-refractivity contribution in [3.05, 3.63) is 29.6 Å². The van der Waals surface area contributed by atoms with Gasteiger partial charge in [0.05, 0.1) is 0 Å².